The third kappa shape index (κ3) is 10.7. The fraction of sp³-hybridized carbons (Fsp3) is 0.556. The molecule has 0 radical (unpaired) electrons. The molecule has 2 aromatic rings. The summed E-state index contributed by atoms with van der Waals surface area (Å²) >= 11 is 5.59. The highest BCUT2D eigenvalue weighted by molar-refractivity contribution is 6.17. The number of esters is 2. The summed E-state index contributed by atoms with van der Waals surface area (Å²) in [5.41, 5.74) is 3.50. The average Bonchev–Trinajstić information content (AvgIpc) is 3.08. The molecule has 2 aromatic carbocycles. The highest BCUT2D eigenvalue weighted by Gasteiger charge is 2.40. The van der Waals surface area contributed by atoms with E-state index in [1.807, 2.05) is 24.3 Å². The van der Waals surface area contributed by atoms with Gasteiger partial charge in [0.2, 0.25) is 5.75 Å². The van der Waals surface area contributed by atoms with Crippen molar-refractivity contribution in [3.63, 3.8) is 0 Å². The lowest BCUT2D eigenvalue weighted by molar-refractivity contribution is -0.941. The van der Waals surface area contributed by atoms with Crippen molar-refractivity contribution in [3.05, 3.63) is 53.1 Å². The van der Waals surface area contributed by atoms with Gasteiger partial charge in [-0.05, 0) is 54.7 Å². The van der Waals surface area contributed by atoms with E-state index in [2.05, 4.69) is 19.2 Å². The molecule has 10 nitrogen and oxygen atoms in total. The van der Waals surface area contributed by atoms with Gasteiger partial charge in [0.25, 0.3) is 0 Å². The van der Waals surface area contributed by atoms with E-state index in [-0.39, 0.29) is 18.0 Å². The van der Waals surface area contributed by atoms with Gasteiger partial charge < -0.3 is 37.6 Å². The Hall–Kier alpha value is -3.63. The minimum absolute atomic E-state index is 0.0832. The zero-order chi connectivity index (χ0) is 34.2. The summed E-state index contributed by atoms with van der Waals surface area (Å²) in [5, 5.41) is 0. The molecule has 1 aliphatic heterocycles. The van der Waals surface area contributed by atoms with Crippen LogP contribution in [0.4, 0.5) is 0 Å². The zero-order valence-electron chi connectivity index (χ0n) is 28.7. The maximum Gasteiger partial charge on any atom is 0.306 e. The first-order valence-electron chi connectivity index (χ1n) is 16.1. The summed E-state index contributed by atoms with van der Waals surface area (Å²) in [6.07, 6.45) is 8.51. The number of carbonyl (C=O) groups is 2. The lowest BCUT2D eigenvalue weighted by atomic mass is 9.86. The normalized spacial score (nSPS) is 17.1. The Bertz CT molecular complexity index is 1320. The van der Waals surface area contributed by atoms with Crippen molar-refractivity contribution in [2.24, 2.45) is 0 Å². The van der Waals surface area contributed by atoms with E-state index < -0.39 is 0 Å². The van der Waals surface area contributed by atoms with Crippen LogP contribution < -0.4 is 23.7 Å². The van der Waals surface area contributed by atoms with Gasteiger partial charge in [-0.25, -0.2) is 0 Å². The maximum absolute atomic E-state index is 12.4. The van der Waals surface area contributed by atoms with E-state index >= 15 is 0 Å². The topological polar surface area (TPSA) is 98.8 Å². The van der Waals surface area contributed by atoms with Gasteiger partial charge in [-0.2, -0.15) is 0 Å². The third-order valence-electron chi connectivity index (χ3n) is 8.62. The second kappa shape index (κ2) is 19.3. The Morgan fingerprint density at radius 1 is 0.787 bits per heavy atom. The molecule has 2 atom stereocenters. The lowest BCUT2D eigenvalue weighted by Crippen LogP contribution is -2.52. The molecule has 0 saturated carbocycles. The summed E-state index contributed by atoms with van der Waals surface area (Å²) in [6.45, 7) is 2.43. The van der Waals surface area contributed by atoms with Crippen LogP contribution in [0.15, 0.2) is 36.4 Å². The number of carbonyl (C=O) groups excluding carboxylic acids is 2. The predicted molar refractivity (Wildman–Crippen MR) is 181 cm³/mol. The van der Waals surface area contributed by atoms with Crippen molar-refractivity contribution in [2.45, 2.75) is 57.4 Å². The van der Waals surface area contributed by atoms with Crippen LogP contribution in [0.3, 0.4) is 0 Å². The Morgan fingerprint density at radius 2 is 1.34 bits per heavy atom. The fourth-order valence-corrected chi connectivity index (χ4v) is 6.15. The molecule has 1 aliphatic rings. The van der Waals surface area contributed by atoms with Crippen molar-refractivity contribution in [3.8, 4) is 28.7 Å². The van der Waals surface area contributed by atoms with E-state index in [4.69, 9.17) is 44.8 Å². The van der Waals surface area contributed by atoms with Gasteiger partial charge >= 0.3 is 11.9 Å². The Morgan fingerprint density at radius 3 is 1.87 bits per heavy atom. The zero-order valence-corrected chi connectivity index (χ0v) is 29.5. The van der Waals surface area contributed by atoms with E-state index in [0.29, 0.717) is 80.6 Å². The molecular formula is C36H51ClNO9+. The molecular weight excluding hydrogens is 626 g/mol. The number of alkyl halides is 1. The van der Waals surface area contributed by atoms with Gasteiger partial charge in [-0.1, -0.05) is 12.2 Å². The Balaban J connectivity index is 1.65. The number of likely N-dealkylation sites (N-methyl/N-ethyl adjacent to an activating group) is 1. The summed E-state index contributed by atoms with van der Waals surface area (Å²) in [4.78, 5) is 24.1. The molecule has 0 amide bonds. The molecule has 0 spiro atoms. The maximum atomic E-state index is 12.4. The standard InChI is InChI=1S/C36H51ClNO9/c1-38(17-12-20-47-35(40)14-10-8-7-9-13-34(39)46-19-11-16-37)18-15-27-24-30(41-2)31(42-3)25-28(27)29(38)21-26-22-32(43-4)36(45-6)33(23-26)44-5/h7-8,22-25,29H,9-21H2,1-6H3/q+1/b8-7+/t29-,38+/m1/s1. The number of benzene rings is 2. The number of hydrogen-bond donors (Lipinski definition) is 0. The van der Waals surface area contributed by atoms with Gasteiger partial charge in [0.05, 0.1) is 68.9 Å². The summed E-state index contributed by atoms with van der Waals surface area (Å²) in [7, 11) is 10.4. The van der Waals surface area contributed by atoms with E-state index in [1.54, 1.807) is 35.5 Å². The number of allylic oxidation sites excluding steroid dienone is 2. The lowest BCUT2D eigenvalue weighted by Gasteiger charge is -2.46. The second-order valence-electron chi connectivity index (χ2n) is 11.7. The highest BCUT2D eigenvalue weighted by Crippen LogP contribution is 2.44. The third-order valence-corrected chi connectivity index (χ3v) is 8.88. The molecule has 11 heteroatoms. The molecule has 0 fully saturated rings. The van der Waals surface area contributed by atoms with Crippen molar-refractivity contribution >= 4 is 23.5 Å². The minimum Gasteiger partial charge on any atom is -0.493 e. The van der Waals surface area contributed by atoms with Crippen LogP contribution in [0, 0.1) is 0 Å². The monoisotopic (exact) mass is 676 g/mol. The number of hydrogen-bond acceptors (Lipinski definition) is 9. The van der Waals surface area contributed by atoms with Crippen molar-refractivity contribution in [2.75, 3.05) is 74.8 Å². The van der Waals surface area contributed by atoms with Gasteiger partial charge in [-0.15, -0.1) is 11.6 Å². The number of nitrogens with zero attached hydrogens (tertiary/aromatic N) is 1. The van der Waals surface area contributed by atoms with Crippen LogP contribution in [0.25, 0.3) is 0 Å². The molecule has 47 heavy (non-hydrogen) atoms. The minimum atomic E-state index is -0.239. The number of methoxy groups -OCH3 is 5. The van der Waals surface area contributed by atoms with Gasteiger partial charge in [0.15, 0.2) is 23.0 Å². The van der Waals surface area contributed by atoms with Crippen LogP contribution in [-0.4, -0.2) is 91.2 Å². The Labute approximate surface area is 284 Å². The van der Waals surface area contributed by atoms with Crippen molar-refractivity contribution in [1.82, 2.24) is 0 Å². The average molecular weight is 677 g/mol. The number of halogens is 1. The molecule has 0 unspecified atom stereocenters. The molecule has 0 aliphatic carbocycles. The first-order valence-corrected chi connectivity index (χ1v) is 16.7. The molecule has 0 saturated heterocycles. The van der Waals surface area contributed by atoms with Gasteiger partial charge in [0, 0.05) is 43.5 Å². The van der Waals surface area contributed by atoms with Gasteiger partial charge in [0.1, 0.15) is 6.04 Å². The van der Waals surface area contributed by atoms with Crippen molar-refractivity contribution in [1.29, 1.82) is 0 Å². The van der Waals surface area contributed by atoms with Crippen molar-refractivity contribution < 1.29 is 47.2 Å². The number of rotatable bonds is 20. The number of fused-ring (bicyclic) bond motifs is 1. The van der Waals surface area contributed by atoms with Crippen LogP contribution >= 0.6 is 11.6 Å². The van der Waals surface area contributed by atoms with Crippen LogP contribution in [0.1, 0.15) is 61.3 Å². The number of ether oxygens (including phenoxy) is 7. The molecule has 3 rings (SSSR count). The predicted octanol–water partition coefficient (Wildman–Crippen LogP) is 6.24. The summed E-state index contributed by atoms with van der Waals surface area (Å²) in [5.74, 6) is 3.20. The fourth-order valence-electron chi connectivity index (χ4n) is 6.04. The van der Waals surface area contributed by atoms with Crippen LogP contribution in [-0.2, 0) is 31.9 Å². The summed E-state index contributed by atoms with van der Waals surface area (Å²) < 4.78 is 39.6. The molecule has 0 bridgehead atoms. The molecule has 0 N–H and O–H groups in total. The first-order chi connectivity index (χ1) is 22.7. The number of quaternary nitrogens is 1. The summed E-state index contributed by atoms with van der Waals surface area (Å²) in [6, 6.07) is 8.28. The molecule has 260 valence electrons. The largest absolute Gasteiger partial charge is 0.493 e. The smallest absolute Gasteiger partial charge is 0.306 e. The molecule has 0 aromatic heterocycles. The SMILES string of the molecule is COc1cc2c(cc1OC)[C@@H](Cc1cc(OC)c(OC)c(OC)c1)[N@@+](C)(CCCOC(=O)CC/C=C/CCC(=O)OCCCCl)CC2. The van der Waals surface area contributed by atoms with Crippen LogP contribution in [0.2, 0.25) is 0 Å². The van der Waals surface area contributed by atoms with Gasteiger partial charge in [-0.3, -0.25) is 9.59 Å². The first kappa shape index (κ1) is 37.8. The molecule has 1 heterocycles. The van der Waals surface area contributed by atoms with E-state index in [9.17, 15) is 9.59 Å². The van der Waals surface area contributed by atoms with E-state index in [1.165, 1.54) is 11.1 Å². The second-order valence-corrected chi connectivity index (χ2v) is 12.1. The quantitative estimate of drug-likeness (QED) is 0.0531. The highest BCUT2D eigenvalue weighted by atomic mass is 35.5. The van der Waals surface area contributed by atoms with Crippen LogP contribution in [0.5, 0.6) is 28.7 Å². The Kier molecular flexibility index (Phi) is 15.5. The van der Waals surface area contributed by atoms with E-state index in [0.717, 1.165) is 41.7 Å².